The lowest BCUT2D eigenvalue weighted by molar-refractivity contribution is 0.0947. The Bertz CT molecular complexity index is 697. The molecule has 0 aliphatic carbocycles. The van der Waals surface area contributed by atoms with Crippen LogP contribution < -0.4 is 15.0 Å². The number of nitrogens with one attached hydrogen (secondary N) is 1. The molecule has 24 heavy (non-hydrogen) atoms. The van der Waals surface area contributed by atoms with E-state index < -0.39 is 0 Å². The molecule has 1 saturated heterocycles. The van der Waals surface area contributed by atoms with Crippen molar-refractivity contribution in [3.05, 3.63) is 59.7 Å². The van der Waals surface area contributed by atoms with Crippen LogP contribution in [0, 0.1) is 0 Å². The van der Waals surface area contributed by atoms with Gasteiger partial charge in [0.25, 0.3) is 5.91 Å². The Kier molecular flexibility index (Phi) is 5.33. The number of ether oxygens (including phenoxy) is 2. The number of benzene rings is 2. The predicted octanol–water partition coefficient (Wildman–Crippen LogP) is 2.46. The SMILES string of the molecule is COc1ccccc1C(=O)NCc1ccccc1N1CCOCC1. The highest BCUT2D eigenvalue weighted by atomic mass is 16.5. The lowest BCUT2D eigenvalue weighted by atomic mass is 10.1. The van der Waals surface area contributed by atoms with E-state index in [9.17, 15) is 4.79 Å². The fraction of sp³-hybridized carbons (Fsp3) is 0.316. The van der Waals surface area contributed by atoms with Crippen molar-refractivity contribution in [3.8, 4) is 5.75 Å². The summed E-state index contributed by atoms with van der Waals surface area (Å²) in [6.07, 6.45) is 0. The molecule has 1 N–H and O–H groups in total. The molecule has 0 radical (unpaired) electrons. The van der Waals surface area contributed by atoms with Crippen molar-refractivity contribution in [1.82, 2.24) is 5.32 Å². The first kappa shape index (κ1) is 16.3. The molecule has 0 spiro atoms. The maximum atomic E-state index is 12.5. The third-order valence-corrected chi connectivity index (χ3v) is 4.13. The summed E-state index contributed by atoms with van der Waals surface area (Å²) < 4.78 is 10.7. The molecule has 5 nitrogen and oxygen atoms in total. The van der Waals surface area contributed by atoms with Gasteiger partial charge >= 0.3 is 0 Å². The molecule has 1 aliphatic heterocycles. The number of anilines is 1. The lowest BCUT2D eigenvalue weighted by Gasteiger charge is -2.30. The minimum Gasteiger partial charge on any atom is -0.496 e. The summed E-state index contributed by atoms with van der Waals surface area (Å²) >= 11 is 0. The number of rotatable bonds is 5. The second-order valence-electron chi connectivity index (χ2n) is 5.61. The van der Waals surface area contributed by atoms with E-state index in [2.05, 4.69) is 16.3 Å². The standard InChI is InChI=1S/C19H22N2O3/c1-23-18-9-5-3-7-16(18)19(22)20-14-15-6-2-4-8-17(15)21-10-12-24-13-11-21/h2-9H,10-14H2,1H3,(H,20,22). The largest absolute Gasteiger partial charge is 0.496 e. The second kappa shape index (κ2) is 7.84. The van der Waals surface area contributed by atoms with Crippen LogP contribution in [0.5, 0.6) is 5.75 Å². The normalized spacial score (nSPS) is 14.3. The number of amides is 1. The molecule has 0 saturated carbocycles. The topological polar surface area (TPSA) is 50.8 Å². The van der Waals surface area contributed by atoms with E-state index in [4.69, 9.17) is 9.47 Å². The van der Waals surface area contributed by atoms with Gasteiger partial charge in [-0.2, -0.15) is 0 Å². The van der Waals surface area contributed by atoms with Crippen LogP contribution in [0.3, 0.4) is 0 Å². The predicted molar refractivity (Wildman–Crippen MR) is 93.6 cm³/mol. The van der Waals surface area contributed by atoms with Crippen LogP contribution in [0.4, 0.5) is 5.69 Å². The van der Waals surface area contributed by atoms with Crippen molar-refractivity contribution in [2.75, 3.05) is 38.3 Å². The van der Waals surface area contributed by atoms with Gasteiger partial charge in [-0.25, -0.2) is 0 Å². The Balaban J connectivity index is 1.71. The third kappa shape index (κ3) is 3.68. The molecule has 5 heteroatoms. The van der Waals surface area contributed by atoms with Crippen molar-refractivity contribution < 1.29 is 14.3 Å². The van der Waals surface area contributed by atoms with E-state index in [1.807, 2.05) is 30.3 Å². The highest BCUT2D eigenvalue weighted by Gasteiger charge is 2.16. The van der Waals surface area contributed by atoms with Gasteiger partial charge in [0, 0.05) is 25.3 Å². The minimum atomic E-state index is -0.135. The van der Waals surface area contributed by atoms with E-state index in [0.29, 0.717) is 17.9 Å². The van der Waals surface area contributed by atoms with Crippen LogP contribution >= 0.6 is 0 Å². The van der Waals surface area contributed by atoms with E-state index in [0.717, 1.165) is 37.6 Å². The van der Waals surface area contributed by atoms with Gasteiger partial charge in [-0.15, -0.1) is 0 Å². The van der Waals surface area contributed by atoms with Crippen LogP contribution in [0.2, 0.25) is 0 Å². The zero-order valence-corrected chi connectivity index (χ0v) is 13.8. The third-order valence-electron chi connectivity index (χ3n) is 4.13. The van der Waals surface area contributed by atoms with Crippen LogP contribution in [0.15, 0.2) is 48.5 Å². The number of nitrogens with zero attached hydrogens (tertiary/aromatic N) is 1. The van der Waals surface area contributed by atoms with Crippen LogP contribution in [-0.2, 0) is 11.3 Å². The van der Waals surface area contributed by atoms with E-state index >= 15 is 0 Å². The molecule has 0 aromatic heterocycles. The molecule has 1 fully saturated rings. The van der Waals surface area contributed by atoms with Gasteiger partial charge in [0.15, 0.2) is 0 Å². The summed E-state index contributed by atoms with van der Waals surface area (Å²) in [5.74, 6) is 0.445. The van der Waals surface area contributed by atoms with Crippen molar-refractivity contribution in [2.45, 2.75) is 6.54 Å². The number of carbonyl (C=O) groups excluding carboxylic acids is 1. The Labute approximate surface area is 142 Å². The summed E-state index contributed by atoms with van der Waals surface area (Å²) in [5.41, 5.74) is 2.80. The van der Waals surface area contributed by atoms with Gasteiger partial charge in [0.2, 0.25) is 0 Å². The van der Waals surface area contributed by atoms with E-state index in [1.54, 1.807) is 19.2 Å². The molecular weight excluding hydrogens is 304 g/mol. The number of methoxy groups -OCH3 is 1. The summed E-state index contributed by atoms with van der Waals surface area (Å²) in [5, 5.41) is 2.99. The molecule has 2 aromatic carbocycles. The highest BCUT2D eigenvalue weighted by molar-refractivity contribution is 5.96. The van der Waals surface area contributed by atoms with Crippen molar-refractivity contribution >= 4 is 11.6 Å². The molecular formula is C19H22N2O3. The number of hydrogen-bond donors (Lipinski definition) is 1. The molecule has 2 aromatic rings. The molecule has 1 amide bonds. The average molecular weight is 326 g/mol. The van der Waals surface area contributed by atoms with E-state index in [-0.39, 0.29) is 5.91 Å². The van der Waals surface area contributed by atoms with Crippen molar-refractivity contribution in [1.29, 1.82) is 0 Å². The van der Waals surface area contributed by atoms with Crippen molar-refractivity contribution in [2.24, 2.45) is 0 Å². The first-order chi connectivity index (χ1) is 11.8. The summed E-state index contributed by atoms with van der Waals surface area (Å²) in [7, 11) is 1.57. The van der Waals surface area contributed by atoms with Gasteiger partial charge in [0.1, 0.15) is 5.75 Å². The maximum Gasteiger partial charge on any atom is 0.255 e. The lowest BCUT2D eigenvalue weighted by Crippen LogP contribution is -2.37. The molecule has 0 atom stereocenters. The number of para-hydroxylation sites is 2. The number of hydrogen-bond acceptors (Lipinski definition) is 4. The fourth-order valence-corrected chi connectivity index (χ4v) is 2.88. The Hall–Kier alpha value is -2.53. The first-order valence-corrected chi connectivity index (χ1v) is 8.11. The molecule has 1 aliphatic rings. The highest BCUT2D eigenvalue weighted by Crippen LogP contribution is 2.22. The molecule has 3 rings (SSSR count). The van der Waals surface area contributed by atoms with Gasteiger partial charge in [-0.1, -0.05) is 30.3 Å². The molecule has 0 unspecified atom stereocenters. The minimum absolute atomic E-state index is 0.135. The van der Waals surface area contributed by atoms with Gasteiger partial charge < -0.3 is 19.7 Å². The summed E-state index contributed by atoms with van der Waals surface area (Å²) in [6.45, 7) is 3.70. The van der Waals surface area contributed by atoms with Gasteiger partial charge in [-0.3, -0.25) is 4.79 Å². The van der Waals surface area contributed by atoms with Crippen molar-refractivity contribution in [3.63, 3.8) is 0 Å². The quantitative estimate of drug-likeness (QED) is 0.917. The fourth-order valence-electron chi connectivity index (χ4n) is 2.88. The number of carbonyl (C=O) groups is 1. The molecule has 126 valence electrons. The van der Waals surface area contributed by atoms with E-state index in [1.165, 1.54) is 0 Å². The van der Waals surface area contributed by atoms with Crippen LogP contribution in [0.1, 0.15) is 15.9 Å². The monoisotopic (exact) mass is 326 g/mol. The average Bonchev–Trinajstić information content (AvgIpc) is 2.67. The molecule has 0 bridgehead atoms. The van der Waals surface area contributed by atoms with Gasteiger partial charge in [0.05, 0.1) is 25.9 Å². The Morgan fingerprint density at radius 2 is 1.83 bits per heavy atom. The second-order valence-corrected chi connectivity index (χ2v) is 5.61. The molecule has 1 heterocycles. The Morgan fingerprint density at radius 1 is 1.12 bits per heavy atom. The van der Waals surface area contributed by atoms with Gasteiger partial charge in [-0.05, 0) is 23.8 Å². The smallest absolute Gasteiger partial charge is 0.255 e. The zero-order chi connectivity index (χ0) is 16.8. The maximum absolute atomic E-state index is 12.5. The first-order valence-electron chi connectivity index (χ1n) is 8.11. The Morgan fingerprint density at radius 3 is 2.62 bits per heavy atom. The number of morpholine rings is 1. The summed E-state index contributed by atoms with van der Waals surface area (Å²) in [6, 6.07) is 15.4. The zero-order valence-electron chi connectivity index (χ0n) is 13.8. The van der Waals surface area contributed by atoms with Crippen LogP contribution in [0.25, 0.3) is 0 Å². The van der Waals surface area contributed by atoms with Crippen LogP contribution in [-0.4, -0.2) is 39.3 Å². The summed E-state index contributed by atoms with van der Waals surface area (Å²) in [4.78, 5) is 14.8.